The van der Waals surface area contributed by atoms with Crippen molar-refractivity contribution in [3.63, 3.8) is 0 Å². The molecule has 0 spiro atoms. The first-order valence-electron chi connectivity index (χ1n) is 6.15. The van der Waals surface area contributed by atoms with Crippen molar-refractivity contribution < 1.29 is 19.1 Å². The molecule has 0 aromatic carbocycles. The molecule has 6 heteroatoms. The van der Waals surface area contributed by atoms with E-state index in [2.05, 4.69) is 4.74 Å². The van der Waals surface area contributed by atoms with Crippen LogP contribution in [0.25, 0.3) is 6.08 Å². The van der Waals surface area contributed by atoms with Gasteiger partial charge in [0, 0.05) is 17.6 Å². The molecule has 0 amide bonds. The summed E-state index contributed by atoms with van der Waals surface area (Å²) in [7, 11) is 0. The Bertz CT molecular complexity index is 517. The topological polar surface area (TPSA) is 60.4 Å². The average Bonchev–Trinajstić information content (AvgIpc) is 2.86. The van der Waals surface area contributed by atoms with Gasteiger partial charge in [-0.1, -0.05) is 17.8 Å². The monoisotopic (exact) mass is 312 g/mol. The van der Waals surface area contributed by atoms with E-state index >= 15 is 0 Å². The van der Waals surface area contributed by atoms with Crippen LogP contribution < -0.4 is 0 Å². The van der Waals surface area contributed by atoms with Gasteiger partial charge in [0.25, 0.3) is 5.78 Å². The summed E-state index contributed by atoms with van der Waals surface area (Å²) in [5.74, 6) is -0.683. The molecule has 0 radical (unpaired) electrons. The summed E-state index contributed by atoms with van der Waals surface area (Å²) in [5, 5.41) is 0.108. The molecule has 0 aliphatic rings. The van der Waals surface area contributed by atoms with Gasteiger partial charge in [-0.05, 0) is 31.6 Å². The molecular weight excluding hydrogens is 296 g/mol. The van der Waals surface area contributed by atoms with Crippen molar-refractivity contribution in [2.75, 3.05) is 12.4 Å². The summed E-state index contributed by atoms with van der Waals surface area (Å²) < 4.78 is 4.67. The van der Waals surface area contributed by atoms with Crippen molar-refractivity contribution >= 4 is 46.0 Å². The Morgan fingerprint density at radius 2 is 2.10 bits per heavy atom. The normalized spacial score (nSPS) is 10.7. The maximum Gasteiger partial charge on any atom is 0.380 e. The van der Waals surface area contributed by atoms with Gasteiger partial charge in [-0.2, -0.15) is 0 Å². The van der Waals surface area contributed by atoms with E-state index in [1.54, 1.807) is 26.0 Å². The molecule has 0 saturated heterocycles. The summed E-state index contributed by atoms with van der Waals surface area (Å²) in [5.41, 5.74) is 0. The molecule has 0 fully saturated rings. The van der Waals surface area contributed by atoms with Gasteiger partial charge >= 0.3 is 5.97 Å². The molecule has 1 heterocycles. The van der Waals surface area contributed by atoms with Gasteiger partial charge in [-0.25, -0.2) is 4.79 Å². The Morgan fingerprint density at radius 1 is 1.35 bits per heavy atom. The molecular formula is C14H16O4S2. The van der Waals surface area contributed by atoms with E-state index in [1.165, 1.54) is 23.1 Å². The summed E-state index contributed by atoms with van der Waals surface area (Å²) >= 11 is 2.53. The average molecular weight is 312 g/mol. The highest BCUT2D eigenvalue weighted by Gasteiger charge is 2.18. The maximum absolute atomic E-state index is 11.7. The summed E-state index contributed by atoms with van der Waals surface area (Å²) in [6.45, 7) is 3.39. The molecule has 0 aliphatic carbocycles. The zero-order valence-corrected chi connectivity index (χ0v) is 13.0. The lowest BCUT2D eigenvalue weighted by atomic mass is 10.3. The summed E-state index contributed by atoms with van der Waals surface area (Å²) in [4.78, 5) is 35.0. The minimum atomic E-state index is -0.817. The standard InChI is InChI=1S/C14H16O4S2/c1-3-18-14(17)13(16)12-8-7-11(20-12)6-4-5-9-19-10(2)15/h4,6-8H,3,5,9H2,1-2H3. The minimum absolute atomic E-state index is 0.108. The van der Waals surface area contributed by atoms with Crippen LogP contribution in [0.3, 0.4) is 0 Å². The fourth-order valence-corrected chi connectivity index (χ4v) is 2.74. The Labute approximate surface area is 126 Å². The van der Waals surface area contributed by atoms with Crippen molar-refractivity contribution in [2.24, 2.45) is 0 Å². The van der Waals surface area contributed by atoms with Gasteiger partial charge < -0.3 is 4.74 Å². The van der Waals surface area contributed by atoms with E-state index in [0.29, 0.717) is 4.88 Å². The van der Waals surface area contributed by atoms with E-state index in [0.717, 1.165) is 17.1 Å². The van der Waals surface area contributed by atoms with E-state index in [1.807, 2.05) is 12.2 Å². The number of rotatable bonds is 7. The number of carbonyl (C=O) groups excluding carboxylic acids is 3. The Morgan fingerprint density at radius 3 is 2.75 bits per heavy atom. The number of ketones is 1. The van der Waals surface area contributed by atoms with Crippen LogP contribution in [0, 0.1) is 0 Å². The molecule has 0 aliphatic heterocycles. The molecule has 1 aromatic heterocycles. The SMILES string of the molecule is CCOC(=O)C(=O)c1ccc(C=CCCSC(C)=O)s1. The first-order valence-corrected chi connectivity index (χ1v) is 7.96. The number of hydrogen-bond donors (Lipinski definition) is 0. The van der Waals surface area contributed by atoms with Gasteiger partial charge in [0.05, 0.1) is 11.5 Å². The number of esters is 1. The van der Waals surface area contributed by atoms with Gasteiger partial charge in [0.1, 0.15) is 0 Å². The number of thioether (sulfide) groups is 1. The van der Waals surface area contributed by atoms with Crippen LogP contribution in [0.4, 0.5) is 0 Å². The zero-order chi connectivity index (χ0) is 15.0. The van der Waals surface area contributed by atoms with Crippen molar-refractivity contribution in [3.05, 3.63) is 28.0 Å². The number of ether oxygens (including phenoxy) is 1. The molecule has 108 valence electrons. The lowest BCUT2D eigenvalue weighted by Crippen LogP contribution is -2.16. The molecule has 0 atom stereocenters. The van der Waals surface area contributed by atoms with Gasteiger partial charge in [-0.3, -0.25) is 9.59 Å². The summed E-state index contributed by atoms with van der Waals surface area (Å²) in [6.07, 6.45) is 4.61. The van der Waals surface area contributed by atoms with Crippen molar-refractivity contribution in [1.82, 2.24) is 0 Å². The van der Waals surface area contributed by atoms with Crippen LogP contribution in [0.1, 0.15) is 34.8 Å². The van der Waals surface area contributed by atoms with Gasteiger partial charge in [-0.15, -0.1) is 11.3 Å². The number of allylic oxidation sites excluding steroid dienone is 1. The second-order valence-electron chi connectivity index (χ2n) is 3.78. The number of carbonyl (C=O) groups is 3. The Balaban J connectivity index is 2.50. The quantitative estimate of drug-likeness (QED) is 0.335. The van der Waals surface area contributed by atoms with E-state index in [4.69, 9.17) is 0 Å². The fourth-order valence-electron chi connectivity index (χ4n) is 1.33. The van der Waals surface area contributed by atoms with E-state index in [-0.39, 0.29) is 11.7 Å². The Kier molecular flexibility index (Phi) is 7.25. The van der Waals surface area contributed by atoms with Crippen LogP contribution >= 0.6 is 23.1 Å². The lowest BCUT2D eigenvalue weighted by molar-refractivity contribution is -0.137. The predicted octanol–water partition coefficient (Wildman–Crippen LogP) is 3.18. The third kappa shape index (κ3) is 5.71. The van der Waals surface area contributed by atoms with Crippen molar-refractivity contribution in [3.8, 4) is 0 Å². The third-order valence-electron chi connectivity index (χ3n) is 2.18. The number of Topliss-reactive ketones (excluding diaryl/α,β-unsaturated/α-hetero) is 1. The highest BCUT2D eigenvalue weighted by Crippen LogP contribution is 2.19. The molecule has 4 nitrogen and oxygen atoms in total. The van der Waals surface area contributed by atoms with Crippen LogP contribution in [0.5, 0.6) is 0 Å². The van der Waals surface area contributed by atoms with Crippen LogP contribution in [-0.2, 0) is 14.3 Å². The highest BCUT2D eigenvalue weighted by molar-refractivity contribution is 8.13. The first kappa shape index (κ1) is 16.7. The predicted molar refractivity (Wildman–Crippen MR) is 82.1 cm³/mol. The Hall–Kier alpha value is -1.40. The molecule has 20 heavy (non-hydrogen) atoms. The second-order valence-corrected chi connectivity index (χ2v) is 6.17. The van der Waals surface area contributed by atoms with Crippen LogP contribution in [-0.4, -0.2) is 29.2 Å². The minimum Gasteiger partial charge on any atom is -0.460 e. The van der Waals surface area contributed by atoms with Crippen molar-refractivity contribution in [1.29, 1.82) is 0 Å². The molecule has 1 rings (SSSR count). The van der Waals surface area contributed by atoms with Crippen molar-refractivity contribution in [2.45, 2.75) is 20.3 Å². The highest BCUT2D eigenvalue weighted by atomic mass is 32.2. The van der Waals surface area contributed by atoms with Crippen LogP contribution in [0.15, 0.2) is 18.2 Å². The smallest absolute Gasteiger partial charge is 0.380 e. The first-order chi connectivity index (χ1) is 9.54. The molecule has 0 unspecified atom stereocenters. The molecule has 0 N–H and O–H groups in total. The number of hydrogen-bond acceptors (Lipinski definition) is 6. The van der Waals surface area contributed by atoms with E-state index < -0.39 is 11.8 Å². The number of thiophene rings is 1. The molecule has 0 saturated carbocycles. The summed E-state index contributed by atoms with van der Waals surface area (Å²) in [6, 6.07) is 3.40. The molecule has 1 aromatic rings. The van der Waals surface area contributed by atoms with Crippen LogP contribution in [0.2, 0.25) is 0 Å². The third-order valence-corrected chi connectivity index (χ3v) is 4.08. The zero-order valence-electron chi connectivity index (χ0n) is 11.4. The van der Waals surface area contributed by atoms with Gasteiger partial charge in [0.15, 0.2) is 5.12 Å². The second kappa shape index (κ2) is 8.71. The van der Waals surface area contributed by atoms with E-state index in [9.17, 15) is 14.4 Å². The molecule has 0 bridgehead atoms. The fraction of sp³-hybridized carbons (Fsp3) is 0.357. The lowest BCUT2D eigenvalue weighted by Gasteiger charge is -1.97. The largest absolute Gasteiger partial charge is 0.460 e. The maximum atomic E-state index is 11.7. The van der Waals surface area contributed by atoms with Gasteiger partial charge in [0.2, 0.25) is 0 Å².